The van der Waals surface area contributed by atoms with Crippen molar-refractivity contribution >= 4 is 22.5 Å². The summed E-state index contributed by atoms with van der Waals surface area (Å²) in [5.41, 5.74) is 3.55. The minimum atomic E-state index is 0.300. The number of rotatable bonds is 11. The van der Waals surface area contributed by atoms with Crippen LogP contribution in [-0.4, -0.2) is 64.1 Å². The van der Waals surface area contributed by atoms with E-state index in [2.05, 4.69) is 54.4 Å². The summed E-state index contributed by atoms with van der Waals surface area (Å²) >= 11 is 0. The van der Waals surface area contributed by atoms with E-state index in [0.717, 1.165) is 85.8 Å². The highest BCUT2D eigenvalue weighted by molar-refractivity contribution is 5.85. The highest BCUT2D eigenvalue weighted by atomic mass is 16.5. The molecule has 10 heteroatoms. The standard InChI is InChI=1S/C27H33N7O3/c1-3-5-21(31-25-8-7-20(18-30-25)27-33-32-19(2)37-27)6-4-13-36-24-17-22(34-11-14-35-15-12-34)16-23-26(24)29-10-9-28-23/h7-10,16-18,21H,3-6,11-15H2,1-2H3,(H,30,31)/t21-/m0/s1. The number of pyridine rings is 1. The number of anilines is 2. The molecule has 1 aliphatic heterocycles. The van der Waals surface area contributed by atoms with Crippen LogP contribution in [0.4, 0.5) is 11.5 Å². The molecule has 5 rings (SSSR count). The summed E-state index contributed by atoms with van der Waals surface area (Å²) in [6, 6.07) is 8.37. The lowest BCUT2D eigenvalue weighted by molar-refractivity contribution is 0.122. The van der Waals surface area contributed by atoms with E-state index in [0.29, 0.717) is 24.4 Å². The minimum Gasteiger partial charge on any atom is -0.491 e. The van der Waals surface area contributed by atoms with E-state index in [1.165, 1.54) is 0 Å². The van der Waals surface area contributed by atoms with Crippen molar-refractivity contribution in [2.24, 2.45) is 0 Å². The quantitative estimate of drug-likeness (QED) is 0.290. The van der Waals surface area contributed by atoms with Crippen molar-refractivity contribution in [1.29, 1.82) is 0 Å². The molecule has 1 N–H and O–H groups in total. The van der Waals surface area contributed by atoms with E-state index in [9.17, 15) is 0 Å². The van der Waals surface area contributed by atoms with E-state index >= 15 is 0 Å². The fourth-order valence-corrected chi connectivity index (χ4v) is 4.52. The van der Waals surface area contributed by atoms with Crippen molar-refractivity contribution in [1.82, 2.24) is 25.1 Å². The molecule has 0 bridgehead atoms. The maximum Gasteiger partial charge on any atom is 0.249 e. The molecule has 0 aliphatic carbocycles. The molecule has 1 aliphatic rings. The second-order valence-corrected chi connectivity index (χ2v) is 9.15. The van der Waals surface area contributed by atoms with Gasteiger partial charge in [0.05, 0.1) is 30.9 Å². The van der Waals surface area contributed by atoms with Crippen molar-refractivity contribution in [2.75, 3.05) is 43.1 Å². The Bertz CT molecular complexity index is 1290. The highest BCUT2D eigenvalue weighted by Gasteiger charge is 2.16. The van der Waals surface area contributed by atoms with Crippen LogP contribution < -0.4 is 15.0 Å². The maximum atomic E-state index is 6.27. The Hall–Kier alpha value is -3.79. The molecule has 194 valence electrons. The number of fused-ring (bicyclic) bond motifs is 1. The predicted molar refractivity (Wildman–Crippen MR) is 142 cm³/mol. The molecular weight excluding hydrogens is 470 g/mol. The molecule has 1 aromatic carbocycles. The Morgan fingerprint density at radius 1 is 1.05 bits per heavy atom. The Balaban J connectivity index is 1.19. The first-order valence-corrected chi connectivity index (χ1v) is 12.9. The zero-order valence-electron chi connectivity index (χ0n) is 21.4. The summed E-state index contributed by atoms with van der Waals surface area (Å²) in [5.74, 6) is 2.63. The number of hydrogen-bond acceptors (Lipinski definition) is 10. The van der Waals surface area contributed by atoms with E-state index in [4.69, 9.17) is 13.9 Å². The van der Waals surface area contributed by atoms with Crippen LogP contribution in [0.3, 0.4) is 0 Å². The van der Waals surface area contributed by atoms with Crippen molar-refractivity contribution in [3.8, 4) is 17.2 Å². The van der Waals surface area contributed by atoms with Crippen molar-refractivity contribution in [2.45, 2.75) is 45.6 Å². The Kier molecular flexibility index (Phi) is 8.05. The van der Waals surface area contributed by atoms with Crippen molar-refractivity contribution < 1.29 is 13.9 Å². The SMILES string of the molecule is CCC[C@@H](CCCOc1cc(N2CCOCC2)cc2nccnc12)Nc1ccc(-c2nnc(C)o2)cn1. The normalized spacial score (nSPS) is 14.6. The number of ether oxygens (including phenoxy) is 2. The van der Waals surface area contributed by atoms with Crippen molar-refractivity contribution in [3.05, 3.63) is 48.7 Å². The van der Waals surface area contributed by atoms with Gasteiger partial charge in [0.15, 0.2) is 0 Å². The van der Waals surface area contributed by atoms with Crippen LogP contribution >= 0.6 is 0 Å². The second kappa shape index (κ2) is 12.0. The van der Waals surface area contributed by atoms with Gasteiger partial charge in [-0.05, 0) is 37.5 Å². The molecule has 4 aromatic rings. The van der Waals surface area contributed by atoms with Crippen LogP contribution in [0.25, 0.3) is 22.5 Å². The summed E-state index contributed by atoms with van der Waals surface area (Å²) in [5, 5.41) is 11.5. The third-order valence-electron chi connectivity index (χ3n) is 6.38. The smallest absolute Gasteiger partial charge is 0.249 e. The molecule has 37 heavy (non-hydrogen) atoms. The van der Waals surface area contributed by atoms with Crippen LogP contribution in [0, 0.1) is 6.92 Å². The van der Waals surface area contributed by atoms with Crippen LogP contribution in [0.2, 0.25) is 0 Å². The van der Waals surface area contributed by atoms with Crippen LogP contribution in [0.5, 0.6) is 5.75 Å². The van der Waals surface area contributed by atoms with Crippen molar-refractivity contribution in [3.63, 3.8) is 0 Å². The van der Waals surface area contributed by atoms with Gasteiger partial charge < -0.3 is 24.1 Å². The van der Waals surface area contributed by atoms with Gasteiger partial charge in [0, 0.05) is 56.4 Å². The molecule has 0 radical (unpaired) electrons. The molecule has 1 fully saturated rings. The number of hydrogen-bond donors (Lipinski definition) is 1. The average molecular weight is 504 g/mol. The summed E-state index contributed by atoms with van der Waals surface area (Å²) in [4.78, 5) is 15.9. The summed E-state index contributed by atoms with van der Waals surface area (Å²) in [6.45, 7) is 7.75. The lowest BCUT2D eigenvalue weighted by Crippen LogP contribution is -2.36. The molecule has 0 spiro atoms. The lowest BCUT2D eigenvalue weighted by atomic mass is 10.1. The van der Waals surface area contributed by atoms with E-state index in [1.54, 1.807) is 25.5 Å². The first kappa shape index (κ1) is 24.9. The monoisotopic (exact) mass is 503 g/mol. The van der Waals surface area contributed by atoms with Crippen LogP contribution in [0.1, 0.15) is 38.5 Å². The molecule has 0 amide bonds. The molecule has 3 aromatic heterocycles. The third-order valence-corrected chi connectivity index (χ3v) is 6.38. The van der Waals surface area contributed by atoms with Gasteiger partial charge in [0.2, 0.25) is 11.8 Å². The molecule has 4 heterocycles. The Morgan fingerprint density at radius 2 is 1.92 bits per heavy atom. The molecule has 10 nitrogen and oxygen atoms in total. The first-order chi connectivity index (χ1) is 18.2. The number of morpholine rings is 1. The fraction of sp³-hybridized carbons (Fsp3) is 0.444. The number of nitrogens with one attached hydrogen (secondary N) is 1. The minimum absolute atomic E-state index is 0.300. The van der Waals surface area contributed by atoms with Gasteiger partial charge in [-0.2, -0.15) is 0 Å². The maximum absolute atomic E-state index is 6.27. The highest BCUT2D eigenvalue weighted by Crippen LogP contribution is 2.30. The summed E-state index contributed by atoms with van der Waals surface area (Å²) in [6.07, 6.45) is 9.19. The Morgan fingerprint density at radius 3 is 2.68 bits per heavy atom. The second-order valence-electron chi connectivity index (χ2n) is 9.15. The molecule has 1 saturated heterocycles. The fourth-order valence-electron chi connectivity index (χ4n) is 4.52. The number of aryl methyl sites for hydroxylation is 1. The molecule has 0 saturated carbocycles. The Labute approximate surface area is 216 Å². The van der Waals surface area contributed by atoms with E-state index < -0.39 is 0 Å². The topological polar surface area (TPSA) is 111 Å². The van der Waals surface area contributed by atoms with Gasteiger partial charge in [0.1, 0.15) is 17.1 Å². The predicted octanol–water partition coefficient (Wildman–Crippen LogP) is 4.66. The molecule has 1 atom stereocenters. The number of benzene rings is 1. The zero-order valence-corrected chi connectivity index (χ0v) is 21.4. The van der Waals surface area contributed by atoms with Crippen LogP contribution in [0.15, 0.2) is 47.3 Å². The molecular formula is C27H33N7O3. The summed E-state index contributed by atoms with van der Waals surface area (Å²) in [7, 11) is 0. The van der Waals surface area contributed by atoms with Gasteiger partial charge >= 0.3 is 0 Å². The van der Waals surface area contributed by atoms with Gasteiger partial charge in [-0.25, -0.2) is 9.97 Å². The lowest BCUT2D eigenvalue weighted by Gasteiger charge is -2.29. The molecule has 0 unspecified atom stereocenters. The van der Waals surface area contributed by atoms with Gasteiger partial charge in [-0.1, -0.05) is 13.3 Å². The first-order valence-electron chi connectivity index (χ1n) is 12.9. The van der Waals surface area contributed by atoms with Gasteiger partial charge in [0.25, 0.3) is 0 Å². The summed E-state index contributed by atoms with van der Waals surface area (Å²) < 4.78 is 17.3. The number of aromatic nitrogens is 5. The zero-order chi connectivity index (χ0) is 25.5. The largest absolute Gasteiger partial charge is 0.491 e. The third kappa shape index (κ3) is 6.32. The van der Waals surface area contributed by atoms with E-state index in [-0.39, 0.29) is 0 Å². The van der Waals surface area contributed by atoms with Gasteiger partial charge in [-0.15, -0.1) is 10.2 Å². The number of nitrogens with zero attached hydrogens (tertiary/aromatic N) is 6. The van der Waals surface area contributed by atoms with Gasteiger partial charge in [-0.3, -0.25) is 4.98 Å². The van der Waals surface area contributed by atoms with E-state index in [1.807, 2.05) is 12.1 Å². The van der Waals surface area contributed by atoms with Crippen LogP contribution in [-0.2, 0) is 4.74 Å². The average Bonchev–Trinajstić information content (AvgIpc) is 3.38.